The molecular formula is C27H32N6O2S. The predicted molar refractivity (Wildman–Crippen MR) is 146 cm³/mol. The molecular weight excluding hydrogens is 472 g/mol. The second-order valence-corrected chi connectivity index (χ2v) is 11.9. The van der Waals surface area contributed by atoms with Gasteiger partial charge in [0.1, 0.15) is 5.65 Å². The van der Waals surface area contributed by atoms with Crippen LogP contribution in [0.5, 0.6) is 0 Å². The Morgan fingerprint density at radius 1 is 1.14 bits per heavy atom. The van der Waals surface area contributed by atoms with E-state index in [9.17, 15) is 8.42 Å². The van der Waals surface area contributed by atoms with E-state index in [1.807, 2.05) is 47.3 Å². The van der Waals surface area contributed by atoms with Crippen LogP contribution in [0.4, 0.5) is 17.3 Å². The summed E-state index contributed by atoms with van der Waals surface area (Å²) in [6.07, 6.45) is 5.05. The standard InChI is InChI=1S/C27H32N6O2S/c1-19-17-32(15-13-28-19)24-10-8-23(9-11-24)30-27-29-16-21-12-14-33(26(21)31-27)18-22-6-4-5-7-25(22)20(2)36(3,34)35/h4-12,14,16,19-20,28H,13,15,17-18H2,1-3H3,(H,29,30,31)/t19-,20?/m1/s1. The number of fused-ring (bicyclic) bond motifs is 1. The Morgan fingerprint density at radius 2 is 1.92 bits per heavy atom. The second kappa shape index (κ2) is 9.91. The molecule has 0 amide bonds. The quantitative estimate of drug-likeness (QED) is 0.391. The van der Waals surface area contributed by atoms with Crippen molar-refractivity contribution < 1.29 is 8.42 Å². The average molecular weight is 505 g/mol. The van der Waals surface area contributed by atoms with Gasteiger partial charge in [0.25, 0.3) is 0 Å². The Hall–Kier alpha value is -3.43. The molecule has 0 saturated carbocycles. The number of piperazine rings is 1. The predicted octanol–water partition coefficient (Wildman–Crippen LogP) is 4.13. The van der Waals surface area contributed by atoms with Gasteiger partial charge in [0.05, 0.1) is 5.25 Å². The summed E-state index contributed by atoms with van der Waals surface area (Å²) in [6.45, 7) is 7.45. The molecule has 0 radical (unpaired) electrons. The molecule has 0 bridgehead atoms. The van der Waals surface area contributed by atoms with E-state index in [2.05, 4.69) is 51.7 Å². The van der Waals surface area contributed by atoms with Crippen LogP contribution in [-0.2, 0) is 16.4 Å². The fourth-order valence-electron chi connectivity index (χ4n) is 4.70. The lowest BCUT2D eigenvalue weighted by Crippen LogP contribution is -2.49. The zero-order valence-corrected chi connectivity index (χ0v) is 21.7. The molecule has 4 aromatic rings. The number of nitrogens with zero attached hydrogens (tertiary/aromatic N) is 4. The number of hydrogen-bond acceptors (Lipinski definition) is 7. The van der Waals surface area contributed by atoms with Crippen molar-refractivity contribution in [3.63, 3.8) is 0 Å². The fourth-order valence-corrected chi connectivity index (χ4v) is 5.39. The monoisotopic (exact) mass is 504 g/mol. The number of aromatic nitrogens is 3. The third kappa shape index (κ3) is 5.22. The normalized spacial score (nSPS) is 17.3. The van der Waals surface area contributed by atoms with E-state index >= 15 is 0 Å². The van der Waals surface area contributed by atoms with Crippen LogP contribution in [0.25, 0.3) is 11.0 Å². The van der Waals surface area contributed by atoms with Crippen molar-refractivity contribution in [3.05, 3.63) is 78.1 Å². The first kappa shape index (κ1) is 24.3. The molecule has 0 aliphatic carbocycles. The molecule has 2 aromatic heterocycles. The minimum absolute atomic E-state index is 0.481. The molecule has 1 fully saturated rings. The summed E-state index contributed by atoms with van der Waals surface area (Å²) in [5.41, 5.74) is 4.70. The highest BCUT2D eigenvalue weighted by molar-refractivity contribution is 7.90. The van der Waals surface area contributed by atoms with Crippen molar-refractivity contribution in [1.29, 1.82) is 0 Å². The molecule has 2 aromatic carbocycles. The van der Waals surface area contributed by atoms with Crippen LogP contribution in [0.1, 0.15) is 30.2 Å². The first-order valence-corrected chi connectivity index (χ1v) is 14.2. The van der Waals surface area contributed by atoms with E-state index in [1.165, 1.54) is 11.9 Å². The Morgan fingerprint density at radius 3 is 2.67 bits per heavy atom. The lowest BCUT2D eigenvalue weighted by Gasteiger charge is -2.33. The zero-order chi connectivity index (χ0) is 25.3. The largest absolute Gasteiger partial charge is 0.369 e. The topological polar surface area (TPSA) is 92.2 Å². The van der Waals surface area contributed by atoms with Gasteiger partial charge in [-0.05, 0) is 55.3 Å². The van der Waals surface area contributed by atoms with Crippen LogP contribution in [0.15, 0.2) is 67.0 Å². The maximum Gasteiger partial charge on any atom is 0.229 e. The maximum atomic E-state index is 12.2. The molecule has 1 aliphatic heterocycles. The van der Waals surface area contributed by atoms with Crippen LogP contribution in [0.2, 0.25) is 0 Å². The smallest absolute Gasteiger partial charge is 0.229 e. The summed E-state index contributed by atoms with van der Waals surface area (Å²) < 4.78 is 26.4. The van der Waals surface area contributed by atoms with E-state index in [1.54, 1.807) is 6.92 Å². The van der Waals surface area contributed by atoms with Gasteiger partial charge >= 0.3 is 0 Å². The van der Waals surface area contributed by atoms with Crippen molar-refractivity contribution in [2.75, 3.05) is 36.1 Å². The number of nitrogens with one attached hydrogen (secondary N) is 2. The molecule has 8 nitrogen and oxygen atoms in total. The van der Waals surface area contributed by atoms with Crippen LogP contribution in [0.3, 0.4) is 0 Å². The van der Waals surface area contributed by atoms with Crippen LogP contribution in [-0.4, -0.2) is 54.9 Å². The van der Waals surface area contributed by atoms with E-state index in [-0.39, 0.29) is 0 Å². The van der Waals surface area contributed by atoms with Gasteiger partial charge in [-0.3, -0.25) is 0 Å². The molecule has 1 aliphatic rings. The molecule has 36 heavy (non-hydrogen) atoms. The Balaban J connectivity index is 1.36. The van der Waals surface area contributed by atoms with Gasteiger partial charge in [0.2, 0.25) is 5.95 Å². The SMILES string of the molecule is CC(c1ccccc1Cn1ccc2cnc(Nc3ccc(N4CCN[C@H](C)C4)cc3)nc21)S(C)(=O)=O. The van der Waals surface area contributed by atoms with Crippen LogP contribution < -0.4 is 15.5 Å². The highest BCUT2D eigenvalue weighted by atomic mass is 32.2. The van der Waals surface area contributed by atoms with Gasteiger partial charge < -0.3 is 20.1 Å². The summed E-state index contributed by atoms with van der Waals surface area (Å²) >= 11 is 0. The van der Waals surface area contributed by atoms with E-state index < -0.39 is 15.1 Å². The van der Waals surface area contributed by atoms with Gasteiger partial charge in [0.15, 0.2) is 9.84 Å². The molecule has 1 unspecified atom stereocenters. The zero-order valence-electron chi connectivity index (χ0n) is 20.8. The van der Waals surface area contributed by atoms with Crippen molar-refractivity contribution in [3.8, 4) is 0 Å². The van der Waals surface area contributed by atoms with Crippen molar-refractivity contribution in [1.82, 2.24) is 19.9 Å². The van der Waals surface area contributed by atoms with Crippen LogP contribution >= 0.6 is 0 Å². The highest BCUT2D eigenvalue weighted by Gasteiger charge is 2.20. The fraction of sp³-hybridized carbons (Fsp3) is 0.333. The molecule has 2 N–H and O–H groups in total. The van der Waals surface area contributed by atoms with Gasteiger partial charge in [0, 0.05) is 67.6 Å². The van der Waals surface area contributed by atoms with Gasteiger partial charge in [-0.15, -0.1) is 0 Å². The minimum Gasteiger partial charge on any atom is -0.369 e. The molecule has 0 spiro atoms. The van der Waals surface area contributed by atoms with Crippen molar-refractivity contribution in [2.45, 2.75) is 31.7 Å². The first-order chi connectivity index (χ1) is 17.3. The van der Waals surface area contributed by atoms with Gasteiger partial charge in [-0.2, -0.15) is 4.98 Å². The molecule has 2 atom stereocenters. The number of anilines is 3. The lowest BCUT2D eigenvalue weighted by molar-refractivity contribution is 0.485. The number of rotatable bonds is 7. The van der Waals surface area contributed by atoms with E-state index in [4.69, 9.17) is 4.98 Å². The maximum absolute atomic E-state index is 12.2. The Labute approximate surface area is 212 Å². The first-order valence-electron chi connectivity index (χ1n) is 12.2. The van der Waals surface area contributed by atoms with E-state index in [0.29, 0.717) is 18.5 Å². The number of sulfone groups is 1. The Bertz CT molecular complexity index is 1470. The molecule has 1 saturated heterocycles. The van der Waals surface area contributed by atoms with Gasteiger partial charge in [-0.25, -0.2) is 13.4 Å². The highest BCUT2D eigenvalue weighted by Crippen LogP contribution is 2.27. The average Bonchev–Trinajstić information content (AvgIpc) is 3.26. The minimum atomic E-state index is -3.21. The van der Waals surface area contributed by atoms with Crippen molar-refractivity contribution in [2.24, 2.45) is 0 Å². The second-order valence-electron chi connectivity index (χ2n) is 9.56. The third-order valence-corrected chi connectivity index (χ3v) is 8.37. The third-order valence-electron chi connectivity index (χ3n) is 6.84. The molecule has 188 valence electrons. The van der Waals surface area contributed by atoms with Gasteiger partial charge in [-0.1, -0.05) is 24.3 Å². The van der Waals surface area contributed by atoms with Crippen molar-refractivity contribution >= 4 is 38.2 Å². The summed E-state index contributed by atoms with van der Waals surface area (Å²) in [5.74, 6) is 0.517. The summed E-state index contributed by atoms with van der Waals surface area (Å²) in [4.78, 5) is 11.7. The molecule has 9 heteroatoms. The molecule has 3 heterocycles. The molecule has 5 rings (SSSR count). The summed E-state index contributed by atoms with van der Waals surface area (Å²) in [5, 5.41) is 7.15. The number of hydrogen-bond donors (Lipinski definition) is 2. The number of benzene rings is 2. The van der Waals surface area contributed by atoms with E-state index in [0.717, 1.165) is 47.5 Å². The summed E-state index contributed by atoms with van der Waals surface area (Å²) in [7, 11) is -3.21. The summed E-state index contributed by atoms with van der Waals surface area (Å²) in [6, 6.07) is 18.5. The lowest BCUT2D eigenvalue weighted by atomic mass is 10.1. The Kier molecular flexibility index (Phi) is 6.68. The van der Waals surface area contributed by atoms with Crippen LogP contribution in [0, 0.1) is 0 Å².